The lowest BCUT2D eigenvalue weighted by molar-refractivity contribution is -0.122. The first kappa shape index (κ1) is 15.3. The maximum absolute atomic E-state index is 12.4. The van der Waals surface area contributed by atoms with Gasteiger partial charge in [0.15, 0.2) is 11.5 Å². The van der Waals surface area contributed by atoms with Gasteiger partial charge in [-0.25, -0.2) is 0 Å². The van der Waals surface area contributed by atoms with Gasteiger partial charge in [-0.2, -0.15) is 0 Å². The monoisotopic (exact) mass is 340 g/mol. The zero-order chi connectivity index (χ0) is 17.4. The van der Waals surface area contributed by atoms with Crippen LogP contribution in [-0.4, -0.2) is 30.3 Å². The number of benzene rings is 2. The molecular weight excluding hydrogens is 324 g/mol. The van der Waals surface area contributed by atoms with Gasteiger partial charge in [0.1, 0.15) is 5.75 Å². The minimum absolute atomic E-state index is 0.0716. The van der Waals surface area contributed by atoms with E-state index in [2.05, 4.69) is 5.32 Å². The lowest BCUT2D eigenvalue weighted by Gasteiger charge is -2.17. The first-order chi connectivity index (χ1) is 12.1. The Hall–Kier alpha value is -3.22. The molecule has 0 radical (unpaired) electrons. The van der Waals surface area contributed by atoms with Crippen LogP contribution in [0.15, 0.2) is 42.5 Å². The van der Waals surface area contributed by atoms with Crippen molar-refractivity contribution in [2.75, 3.05) is 23.6 Å². The van der Waals surface area contributed by atoms with E-state index in [1.165, 1.54) is 12.1 Å². The number of nitrogens with one attached hydrogen (secondary N) is 1. The van der Waals surface area contributed by atoms with Crippen molar-refractivity contribution in [2.24, 2.45) is 5.92 Å². The zero-order valence-electron chi connectivity index (χ0n) is 13.3. The summed E-state index contributed by atoms with van der Waals surface area (Å²) in [6, 6.07) is 11.6. The van der Waals surface area contributed by atoms with E-state index in [0.29, 0.717) is 29.4 Å². The normalized spacial score (nSPS) is 18.5. The van der Waals surface area contributed by atoms with E-state index in [-0.39, 0.29) is 30.8 Å². The summed E-state index contributed by atoms with van der Waals surface area (Å²) in [4.78, 5) is 26.3. The Morgan fingerprint density at radius 3 is 2.84 bits per heavy atom. The number of phenols is 1. The number of ether oxygens (including phenoxy) is 2. The molecule has 1 unspecified atom stereocenters. The number of aromatic hydroxyl groups is 1. The molecule has 0 bridgehead atoms. The number of nitrogens with zero attached hydrogens (tertiary/aromatic N) is 1. The summed E-state index contributed by atoms with van der Waals surface area (Å²) < 4.78 is 10.6. The highest BCUT2D eigenvalue weighted by molar-refractivity contribution is 6.03. The number of phenolic OH excluding ortho intramolecular Hbond substituents is 1. The molecule has 2 amide bonds. The van der Waals surface area contributed by atoms with Gasteiger partial charge < -0.3 is 24.8 Å². The molecule has 1 saturated heterocycles. The summed E-state index contributed by atoms with van der Waals surface area (Å²) in [5.74, 6) is 0.492. The van der Waals surface area contributed by atoms with E-state index >= 15 is 0 Å². The van der Waals surface area contributed by atoms with E-state index in [4.69, 9.17) is 9.47 Å². The number of anilines is 2. The topological polar surface area (TPSA) is 88.1 Å². The van der Waals surface area contributed by atoms with E-state index in [1.54, 1.807) is 35.2 Å². The van der Waals surface area contributed by atoms with E-state index in [9.17, 15) is 14.7 Å². The van der Waals surface area contributed by atoms with E-state index in [1.807, 2.05) is 0 Å². The van der Waals surface area contributed by atoms with Gasteiger partial charge in [-0.3, -0.25) is 9.59 Å². The van der Waals surface area contributed by atoms with Crippen molar-refractivity contribution >= 4 is 23.2 Å². The highest BCUT2D eigenvalue weighted by Crippen LogP contribution is 2.37. The van der Waals surface area contributed by atoms with Crippen LogP contribution >= 0.6 is 0 Å². The van der Waals surface area contributed by atoms with Crippen LogP contribution in [0, 0.1) is 5.92 Å². The summed E-state index contributed by atoms with van der Waals surface area (Å²) in [5, 5.41) is 12.2. The molecule has 2 N–H and O–H groups in total. The van der Waals surface area contributed by atoms with Crippen molar-refractivity contribution in [3.63, 3.8) is 0 Å². The highest BCUT2D eigenvalue weighted by Gasteiger charge is 2.35. The predicted molar refractivity (Wildman–Crippen MR) is 89.8 cm³/mol. The van der Waals surface area contributed by atoms with Crippen molar-refractivity contribution in [1.82, 2.24) is 0 Å². The molecule has 0 spiro atoms. The van der Waals surface area contributed by atoms with Crippen molar-refractivity contribution < 1.29 is 24.2 Å². The van der Waals surface area contributed by atoms with E-state index < -0.39 is 5.92 Å². The van der Waals surface area contributed by atoms with Gasteiger partial charge >= 0.3 is 0 Å². The molecule has 1 fully saturated rings. The van der Waals surface area contributed by atoms with Crippen LogP contribution < -0.4 is 19.7 Å². The summed E-state index contributed by atoms with van der Waals surface area (Å²) >= 11 is 0. The summed E-state index contributed by atoms with van der Waals surface area (Å²) in [5.41, 5.74) is 1.18. The maximum Gasteiger partial charge on any atom is 0.231 e. The van der Waals surface area contributed by atoms with Gasteiger partial charge in [0.05, 0.1) is 5.92 Å². The number of hydrogen-bond donors (Lipinski definition) is 2. The third-order valence-electron chi connectivity index (χ3n) is 4.28. The fourth-order valence-electron chi connectivity index (χ4n) is 3.01. The van der Waals surface area contributed by atoms with Crippen molar-refractivity contribution in [3.8, 4) is 17.2 Å². The minimum Gasteiger partial charge on any atom is -0.508 e. The van der Waals surface area contributed by atoms with Gasteiger partial charge in [0.25, 0.3) is 0 Å². The first-order valence-electron chi connectivity index (χ1n) is 7.90. The highest BCUT2D eigenvalue weighted by atomic mass is 16.7. The fraction of sp³-hybridized carbons (Fsp3) is 0.222. The van der Waals surface area contributed by atoms with Crippen LogP contribution in [0.5, 0.6) is 17.2 Å². The van der Waals surface area contributed by atoms with Crippen LogP contribution in [-0.2, 0) is 9.59 Å². The Bertz CT molecular complexity index is 851. The fourth-order valence-corrected chi connectivity index (χ4v) is 3.01. The van der Waals surface area contributed by atoms with Crippen molar-refractivity contribution in [3.05, 3.63) is 42.5 Å². The second-order valence-electron chi connectivity index (χ2n) is 5.98. The number of fused-ring (bicyclic) bond motifs is 1. The second kappa shape index (κ2) is 6.01. The van der Waals surface area contributed by atoms with Crippen LogP contribution in [0.1, 0.15) is 6.42 Å². The SMILES string of the molecule is O=C(Nc1cccc(O)c1)C1CC(=O)N(c2ccc3c(c2)OCO3)C1. The van der Waals surface area contributed by atoms with Crippen LogP contribution in [0.25, 0.3) is 0 Å². The quantitative estimate of drug-likeness (QED) is 0.893. The Labute approximate surface area is 143 Å². The van der Waals surface area contributed by atoms with Crippen LogP contribution in [0.3, 0.4) is 0 Å². The van der Waals surface area contributed by atoms with Crippen LogP contribution in [0.4, 0.5) is 11.4 Å². The number of hydrogen-bond acceptors (Lipinski definition) is 5. The lowest BCUT2D eigenvalue weighted by atomic mass is 10.1. The molecular formula is C18H16N2O5. The van der Waals surface area contributed by atoms with Gasteiger partial charge in [-0.05, 0) is 24.3 Å². The minimum atomic E-state index is -0.458. The Kier molecular flexibility index (Phi) is 3.68. The Balaban J connectivity index is 1.47. The molecule has 2 aromatic rings. The summed E-state index contributed by atoms with van der Waals surface area (Å²) in [7, 11) is 0. The molecule has 128 valence electrons. The largest absolute Gasteiger partial charge is 0.508 e. The first-order valence-corrected chi connectivity index (χ1v) is 7.90. The molecule has 4 rings (SSSR count). The van der Waals surface area contributed by atoms with Crippen molar-refractivity contribution in [2.45, 2.75) is 6.42 Å². The molecule has 2 aliphatic rings. The van der Waals surface area contributed by atoms with Gasteiger partial charge in [0, 0.05) is 36.5 Å². The Morgan fingerprint density at radius 2 is 2.00 bits per heavy atom. The molecule has 0 aliphatic carbocycles. The molecule has 2 aliphatic heterocycles. The summed E-state index contributed by atoms with van der Waals surface area (Å²) in [6.45, 7) is 0.463. The molecule has 0 aromatic heterocycles. The number of amides is 2. The zero-order valence-corrected chi connectivity index (χ0v) is 13.3. The van der Waals surface area contributed by atoms with E-state index in [0.717, 1.165) is 0 Å². The number of rotatable bonds is 3. The summed E-state index contributed by atoms with van der Waals surface area (Å²) in [6.07, 6.45) is 0.138. The third-order valence-corrected chi connectivity index (χ3v) is 4.28. The smallest absolute Gasteiger partial charge is 0.231 e. The number of carbonyl (C=O) groups excluding carboxylic acids is 2. The average molecular weight is 340 g/mol. The maximum atomic E-state index is 12.4. The lowest BCUT2D eigenvalue weighted by Crippen LogP contribution is -2.28. The van der Waals surface area contributed by atoms with Gasteiger partial charge in [-0.1, -0.05) is 6.07 Å². The second-order valence-corrected chi connectivity index (χ2v) is 5.98. The molecule has 2 heterocycles. The predicted octanol–water partition coefficient (Wildman–Crippen LogP) is 2.11. The molecule has 25 heavy (non-hydrogen) atoms. The molecule has 7 nitrogen and oxygen atoms in total. The standard InChI is InChI=1S/C18H16N2O5/c21-14-3-1-2-12(7-14)19-18(23)11-6-17(22)20(9-11)13-4-5-15-16(8-13)25-10-24-15/h1-5,7-8,11,21H,6,9-10H2,(H,19,23). The number of carbonyl (C=O) groups is 2. The molecule has 2 aromatic carbocycles. The Morgan fingerprint density at radius 1 is 1.16 bits per heavy atom. The van der Waals surface area contributed by atoms with Crippen molar-refractivity contribution in [1.29, 1.82) is 0 Å². The third kappa shape index (κ3) is 2.96. The average Bonchev–Trinajstić information content (AvgIpc) is 3.20. The molecule has 7 heteroatoms. The van der Waals surface area contributed by atoms with Crippen LogP contribution in [0.2, 0.25) is 0 Å². The molecule has 0 saturated carbocycles. The molecule has 1 atom stereocenters. The van der Waals surface area contributed by atoms with Gasteiger partial charge in [-0.15, -0.1) is 0 Å². The van der Waals surface area contributed by atoms with Gasteiger partial charge in [0.2, 0.25) is 18.6 Å².